The molecule has 0 amide bonds. The Bertz CT molecular complexity index is 543. The summed E-state index contributed by atoms with van der Waals surface area (Å²) in [7, 11) is 0. The van der Waals surface area contributed by atoms with Crippen molar-refractivity contribution in [2.45, 2.75) is 19.4 Å². The summed E-state index contributed by atoms with van der Waals surface area (Å²) in [6.45, 7) is 1.92. The minimum atomic E-state index is -0.379. The Kier molecular flexibility index (Phi) is 3.94. The second-order valence-corrected chi connectivity index (χ2v) is 4.46. The Balaban J connectivity index is 2.60. The lowest BCUT2D eigenvalue weighted by molar-refractivity contribution is 0.578. The topological polar surface area (TPSA) is 38.9 Å². The first-order valence-corrected chi connectivity index (χ1v) is 6.17. The highest BCUT2D eigenvalue weighted by Gasteiger charge is 2.18. The number of hydrogen-bond donors (Lipinski definition) is 1. The number of pyridine rings is 1. The largest absolute Gasteiger partial charge is 0.324 e. The number of benzene rings is 1. The Hall–Kier alpha value is -1.45. The van der Waals surface area contributed by atoms with E-state index in [-0.39, 0.29) is 11.9 Å². The maximum absolute atomic E-state index is 14.5. The normalized spacial score (nSPS) is 12.4. The average Bonchev–Trinajstić information content (AvgIpc) is 2.39. The van der Waals surface area contributed by atoms with Gasteiger partial charge in [-0.05, 0) is 24.6 Å². The number of halogens is 2. The molecule has 1 heterocycles. The van der Waals surface area contributed by atoms with Crippen molar-refractivity contribution in [2.75, 3.05) is 0 Å². The van der Waals surface area contributed by atoms with Crippen LogP contribution >= 0.6 is 11.6 Å². The van der Waals surface area contributed by atoms with Gasteiger partial charge in [0.15, 0.2) is 0 Å². The van der Waals surface area contributed by atoms with Crippen LogP contribution in [0.15, 0.2) is 36.5 Å². The summed E-state index contributed by atoms with van der Waals surface area (Å²) < 4.78 is 14.5. The molecule has 0 fully saturated rings. The Labute approximate surface area is 111 Å². The molecule has 2 rings (SSSR count). The number of nitrogens with two attached hydrogens (primary N) is 1. The van der Waals surface area contributed by atoms with Gasteiger partial charge in [0.05, 0.1) is 16.3 Å². The number of aromatic nitrogens is 1. The maximum atomic E-state index is 14.5. The van der Waals surface area contributed by atoms with Gasteiger partial charge < -0.3 is 5.73 Å². The smallest absolute Gasteiger partial charge is 0.138 e. The molecular formula is C14H14ClFN2. The molecular weight excluding hydrogens is 251 g/mol. The van der Waals surface area contributed by atoms with Gasteiger partial charge >= 0.3 is 0 Å². The van der Waals surface area contributed by atoms with Crippen LogP contribution in [0.5, 0.6) is 0 Å². The molecule has 2 nitrogen and oxygen atoms in total. The van der Waals surface area contributed by atoms with Crippen molar-refractivity contribution in [1.82, 2.24) is 4.98 Å². The predicted octanol–water partition coefficient (Wildman–Crippen LogP) is 3.95. The first-order valence-electron chi connectivity index (χ1n) is 5.80. The highest BCUT2D eigenvalue weighted by Crippen LogP contribution is 2.33. The molecule has 0 aliphatic carbocycles. The van der Waals surface area contributed by atoms with E-state index in [1.807, 2.05) is 6.92 Å². The highest BCUT2D eigenvalue weighted by atomic mass is 35.5. The van der Waals surface area contributed by atoms with Crippen molar-refractivity contribution in [3.05, 3.63) is 52.9 Å². The van der Waals surface area contributed by atoms with Crippen molar-refractivity contribution in [3.63, 3.8) is 0 Å². The second kappa shape index (κ2) is 5.46. The van der Waals surface area contributed by atoms with Gasteiger partial charge in [-0.1, -0.05) is 30.7 Å². The van der Waals surface area contributed by atoms with E-state index in [9.17, 15) is 4.39 Å². The lowest BCUT2D eigenvalue weighted by Gasteiger charge is -2.14. The van der Waals surface area contributed by atoms with Gasteiger partial charge in [0.1, 0.15) is 5.82 Å². The van der Waals surface area contributed by atoms with Crippen LogP contribution in [0.4, 0.5) is 4.39 Å². The summed E-state index contributed by atoms with van der Waals surface area (Å²) in [5.74, 6) is -0.379. The summed E-state index contributed by atoms with van der Waals surface area (Å²) in [5, 5.41) is 0.346. The zero-order valence-electron chi connectivity index (χ0n) is 10.0. The van der Waals surface area contributed by atoms with Crippen molar-refractivity contribution < 1.29 is 4.39 Å². The summed E-state index contributed by atoms with van der Waals surface area (Å²) in [5.41, 5.74) is 7.20. The van der Waals surface area contributed by atoms with E-state index in [1.54, 1.807) is 36.5 Å². The van der Waals surface area contributed by atoms with Crippen molar-refractivity contribution in [1.29, 1.82) is 0 Å². The molecule has 0 radical (unpaired) electrons. The Morgan fingerprint density at radius 2 is 2.11 bits per heavy atom. The lowest BCUT2D eigenvalue weighted by Crippen LogP contribution is -2.11. The van der Waals surface area contributed by atoms with Crippen LogP contribution in [0.25, 0.3) is 11.3 Å². The van der Waals surface area contributed by atoms with Gasteiger partial charge in [-0.15, -0.1) is 0 Å². The summed E-state index contributed by atoms with van der Waals surface area (Å²) in [6.07, 6.45) is 2.28. The molecule has 0 spiro atoms. The van der Waals surface area contributed by atoms with Gasteiger partial charge in [-0.3, -0.25) is 4.98 Å². The number of rotatable bonds is 3. The number of hydrogen-bond acceptors (Lipinski definition) is 2. The van der Waals surface area contributed by atoms with Crippen LogP contribution in [-0.4, -0.2) is 4.98 Å². The summed E-state index contributed by atoms with van der Waals surface area (Å²) in [6, 6.07) is 8.27. The van der Waals surface area contributed by atoms with Gasteiger partial charge in [0, 0.05) is 17.8 Å². The van der Waals surface area contributed by atoms with Crippen molar-refractivity contribution >= 4 is 11.6 Å². The predicted molar refractivity (Wildman–Crippen MR) is 71.9 cm³/mol. The van der Waals surface area contributed by atoms with E-state index >= 15 is 0 Å². The van der Waals surface area contributed by atoms with Crippen LogP contribution in [0.1, 0.15) is 24.9 Å². The first-order chi connectivity index (χ1) is 8.65. The third kappa shape index (κ3) is 2.37. The standard InChI is InChI=1S/C14H14ClFN2/c1-2-11(17)9-6-7-10(15)13(14(9)16)12-5-3-4-8-18-12/h3-8,11H,2,17H2,1H3/t11-/m1/s1. The van der Waals surface area contributed by atoms with Crippen LogP contribution in [0, 0.1) is 5.82 Å². The molecule has 0 saturated carbocycles. The third-order valence-electron chi connectivity index (χ3n) is 2.88. The van der Waals surface area contributed by atoms with Gasteiger partial charge in [-0.2, -0.15) is 0 Å². The van der Waals surface area contributed by atoms with Crippen molar-refractivity contribution in [2.24, 2.45) is 5.73 Å². The minimum absolute atomic E-state index is 0.318. The van der Waals surface area contributed by atoms with Gasteiger partial charge in [-0.25, -0.2) is 4.39 Å². The highest BCUT2D eigenvalue weighted by molar-refractivity contribution is 6.33. The molecule has 0 unspecified atom stereocenters. The SMILES string of the molecule is CC[C@@H](N)c1ccc(Cl)c(-c2ccccn2)c1F. The second-order valence-electron chi connectivity index (χ2n) is 4.06. The molecule has 18 heavy (non-hydrogen) atoms. The van der Waals surface area contributed by atoms with Crippen LogP contribution in [-0.2, 0) is 0 Å². The van der Waals surface area contributed by atoms with Gasteiger partial charge in [0.25, 0.3) is 0 Å². The fourth-order valence-corrected chi connectivity index (χ4v) is 2.06. The third-order valence-corrected chi connectivity index (χ3v) is 3.20. The monoisotopic (exact) mass is 264 g/mol. The lowest BCUT2D eigenvalue weighted by atomic mass is 10.00. The van der Waals surface area contributed by atoms with E-state index in [4.69, 9.17) is 17.3 Å². The quantitative estimate of drug-likeness (QED) is 0.912. The minimum Gasteiger partial charge on any atom is -0.324 e. The van der Waals surface area contributed by atoms with E-state index in [0.29, 0.717) is 28.3 Å². The fraction of sp³-hybridized carbons (Fsp3) is 0.214. The van der Waals surface area contributed by atoms with E-state index in [0.717, 1.165) is 0 Å². The van der Waals surface area contributed by atoms with Crippen molar-refractivity contribution in [3.8, 4) is 11.3 Å². The molecule has 1 atom stereocenters. The molecule has 0 bridgehead atoms. The molecule has 0 aliphatic heterocycles. The summed E-state index contributed by atoms with van der Waals surface area (Å²) >= 11 is 6.06. The van der Waals surface area contributed by atoms with Crippen LogP contribution < -0.4 is 5.73 Å². The molecule has 2 aromatic rings. The molecule has 94 valence electrons. The molecule has 1 aromatic heterocycles. The molecule has 2 N–H and O–H groups in total. The Morgan fingerprint density at radius 3 is 2.72 bits per heavy atom. The van der Waals surface area contributed by atoms with E-state index in [1.165, 1.54) is 0 Å². The fourth-order valence-electron chi connectivity index (χ4n) is 1.82. The Morgan fingerprint density at radius 1 is 1.33 bits per heavy atom. The molecule has 0 aliphatic rings. The van der Waals surface area contributed by atoms with Gasteiger partial charge in [0.2, 0.25) is 0 Å². The van der Waals surface area contributed by atoms with E-state index < -0.39 is 0 Å². The molecule has 1 aromatic carbocycles. The maximum Gasteiger partial charge on any atom is 0.138 e. The molecule has 0 saturated heterocycles. The average molecular weight is 265 g/mol. The van der Waals surface area contributed by atoms with Crippen LogP contribution in [0.2, 0.25) is 5.02 Å². The first kappa shape index (κ1) is 13.0. The molecule has 4 heteroatoms. The van der Waals surface area contributed by atoms with Crippen LogP contribution in [0.3, 0.4) is 0 Å². The zero-order valence-corrected chi connectivity index (χ0v) is 10.8. The zero-order chi connectivity index (χ0) is 13.1. The van der Waals surface area contributed by atoms with E-state index in [2.05, 4.69) is 4.98 Å². The number of nitrogens with zero attached hydrogens (tertiary/aromatic N) is 1. The summed E-state index contributed by atoms with van der Waals surface area (Å²) in [4.78, 5) is 4.13.